The van der Waals surface area contributed by atoms with E-state index in [0.29, 0.717) is 29.3 Å². The molecule has 3 rings (SSSR count). The van der Waals surface area contributed by atoms with Gasteiger partial charge in [0.25, 0.3) is 0 Å². The van der Waals surface area contributed by atoms with Gasteiger partial charge in [0.05, 0.1) is 0 Å². The Hall–Kier alpha value is -1.65. The fourth-order valence-electron chi connectivity index (χ4n) is 2.43. The second kappa shape index (κ2) is 5.04. The average molecular weight is 296 g/mol. The minimum absolute atomic E-state index is 0.140. The highest BCUT2D eigenvalue weighted by molar-refractivity contribution is 6.31. The van der Waals surface area contributed by atoms with Crippen LogP contribution in [-0.2, 0) is 6.42 Å². The molecule has 1 atom stereocenters. The smallest absolute Gasteiger partial charge is 0.131 e. The molecule has 104 valence electrons. The maximum atomic E-state index is 13.9. The quantitative estimate of drug-likeness (QED) is 0.919. The predicted molar refractivity (Wildman–Crippen MR) is 74.0 cm³/mol. The molecule has 0 bridgehead atoms. The van der Waals surface area contributed by atoms with Crippen molar-refractivity contribution >= 4 is 11.6 Å². The van der Waals surface area contributed by atoms with Crippen LogP contribution in [0.2, 0.25) is 5.02 Å². The van der Waals surface area contributed by atoms with Crippen LogP contribution in [0.4, 0.5) is 8.78 Å². The van der Waals surface area contributed by atoms with E-state index in [1.165, 1.54) is 0 Å². The van der Waals surface area contributed by atoms with Crippen molar-refractivity contribution in [2.45, 2.75) is 12.5 Å². The summed E-state index contributed by atoms with van der Waals surface area (Å²) in [5.74, 6) is -0.492. The summed E-state index contributed by atoms with van der Waals surface area (Å²) >= 11 is 6.06. The van der Waals surface area contributed by atoms with Crippen LogP contribution in [0.3, 0.4) is 0 Å². The van der Waals surface area contributed by atoms with Gasteiger partial charge in [0, 0.05) is 29.1 Å². The Morgan fingerprint density at radius 3 is 2.75 bits per heavy atom. The van der Waals surface area contributed by atoms with Gasteiger partial charge in [-0.3, -0.25) is 0 Å². The lowest BCUT2D eigenvalue weighted by atomic mass is 10.00. The number of hydrogen-bond acceptors (Lipinski definition) is 2. The van der Waals surface area contributed by atoms with Crippen molar-refractivity contribution in [3.63, 3.8) is 0 Å². The molecule has 2 nitrogen and oxygen atoms in total. The van der Waals surface area contributed by atoms with Gasteiger partial charge in [-0.05, 0) is 35.9 Å². The largest absolute Gasteiger partial charge is 0.488 e. The van der Waals surface area contributed by atoms with E-state index in [4.69, 9.17) is 22.1 Å². The van der Waals surface area contributed by atoms with Crippen LogP contribution in [0, 0.1) is 11.6 Å². The first kappa shape index (κ1) is 13.3. The first-order valence-electron chi connectivity index (χ1n) is 6.23. The summed E-state index contributed by atoms with van der Waals surface area (Å²) in [7, 11) is 0. The third-order valence-corrected chi connectivity index (χ3v) is 3.56. The monoisotopic (exact) mass is 295 g/mol. The molecule has 2 N–H and O–H groups in total. The molecular formula is C15H12ClF2NO. The van der Waals surface area contributed by atoms with E-state index in [1.54, 1.807) is 12.1 Å². The lowest BCUT2D eigenvalue weighted by Crippen LogP contribution is -2.24. The van der Waals surface area contributed by atoms with Crippen molar-refractivity contribution in [1.29, 1.82) is 0 Å². The first-order chi connectivity index (χ1) is 9.58. The van der Waals surface area contributed by atoms with E-state index in [-0.39, 0.29) is 11.7 Å². The second-order valence-corrected chi connectivity index (χ2v) is 5.18. The highest BCUT2D eigenvalue weighted by atomic mass is 35.5. The van der Waals surface area contributed by atoms with Crippen molar-refractivity contribution < 1.29 is 13.5 Å². The number of ether oxygens (including phenoxy) is 1. The van der Waals surface area contributed by atoms with E-state index < -0.39 is 11.6 Å². The van der Waals surface area contributed by atoms with Gasteiger partial charge in [0.2, 0.25) is 0 Å². The maximum absolute atomic E-state index is 13.9. The fraction of sp³-hybridized carbons (Fsp3) is 0.200. The lowest BCUT2D eigenvalue weighted by molar-refractivity contribution is 0.242. The molecule has 0 aliphatic carbocycles. The summed E-state index contributed by atoms with van der Waals surface area (Å²) in [6.07, 6.45) is 0.468. The first-order valence-corrected chi connectivity index (χ1v) is 6.61. The Morgan fingerprint density at radius 1 is 1.20 bits per heavy atom. The molecule has 0 fully saturated rings. The summed E-state index contributed by atoms with van der Waals surface area (Å²) in [5.41, 5.74) is 7.07. The van der Waals surface area contributed by atoms with E-state index in [9.17, 15) is 8.78 Å². The molecule has 5 heteroatoms. The molecule has 2 aromatic carbocycles. The van der Waals surface area contributed by atoms with E-state index in [2.05, 4.69) is 0 Å². The molecule has 0 saturated carbocycles. The Bertz CT molecular complexity index is 675. The van der Waals surface area contributed by atoms with Crippen LogP contribution in [0.1, 0.15) is 5.56 Å². The number of hydrogen-bond donors (Lipinski definition) is 1. The summed E-state index contributed by atoms with van der Waals surface area (Å²) in [6, 6.07) is 6.66. The Balaban J connectivity index is 2.18. The summed E-state index contributed by atoms with van der Waals surface area (Å²) in [4.78, 5) is 0. The minimum atomic E-state index is -0.518. The third-order valence-electron chi connectivity index (χ3n) is 3.34. The van der Waals surface area contributed by atoms with Crippen LogP contribution in [0.5, 0.6) is 5.75 Å². The zero-order valence-electron chi connectivity index (χ0n) is 10.5. The molecule has 1 aliphatic heterocycles. The number of halogens is 3. The van der Waals surface area contributed by atoms with Gasteiger partial charge >= 0.3 is 0 Å². The van der Waals surface area contributed by atoms with Gasteiger partial charge in [0.15, 0.2) is 0 Å². The number of benzene rings is 2. The Kier molecular flexibility index (Phi) is 3.36. The van der Waals surface area contributed by atoms with Crippen LogP contribution in [0.25, 0.3) is 11.1 Å². The molecule has 0 spiro atoms. The summed E-state index contributed by atoms with van der Waals surface area (Å²) < 4.78 is 33.0. The van der Waals surface area contributed by atoms with Crippen LogP contribution in [0.15, 0.2) is 30.3 Å². The van der Waals surface area contributed by atoms with Gasteiger partial charge < -0.3 is 10.5 Å². The van der Waals surface area contributed by atoms with Crippen molar-refractivity contribution in [3.8, 4) is 16.9 Å². The molecule has 0 radical (unpaired) electrons. The normalized spacial score (nSPS) is 16.9. The SMILES string of the molecule is NC[C@H]1Cc2cc(Cl)cc(-c3cc(F)ccc3F)c2O1. The zero-order chi connectivity index (χ0) is 14.3. The lowest BCUT2D eigenvalue weighted by Gasteiger charge is -2.12. The predicted octanol–water partition coefficient (Wildman–Crippen LogP) is 3.55. The van der Waals surface area contributed by atoms with Gasteiger partial charge in [-0.25, -0.2) is 8.78 Å². The van der Waals surface area contributed by atoms with Gasteiger partial charge in [-0.2, -0.15) is 0 Å². The number of fused-ring (bicyclic) bond motifs is 1. The minimum Gasteiger partial charge on any atom is -0.488 e. The molecule has 1 aliphatic rings. The van der Waals surface area contributed by atoms with Gasteiger partial charge in [0.1, 0.15) is 23.5 Å². The van der Waals surface area contributed by atoms with Gasteiger partial charge in [-0.15, -0.1) is 0 Å². The van der Waals surface area contributed by atoms with E-state index >= 15 is 0 Å². The maximum Gasteiger partial charge on any atom is 0.131 e. The number of nitrogens with two attached hydrogens (primary N) is 1. The topological polar surface area (TPSA) is 35.2 Å². The summed E-state index contributed by atoms with van der Waals surface area (Å²) in [6.45, 7) is 0.359. The molecule has 0 saturated heterocycles. The van der Waals surface area contributed by atoms with E-state index in [1.807, 2.05) is 0 Å². The van der Waals surface area contributed by atoms with E-state index in [0.717, 1.165) is 23.8 Å². The molecule has 0 unspecified atom stereocenters. The summed E-state index contributed by atoms with van der Waals surface area (Å²) in [5, 5.41) is 0.462. The van der Waals surface area contributed by atoms with Crippen LogP contribution < -0.4 is 10.5 Å². The number of rotatable bonds is 2. The molecule has 20 heavy (non-hydrogen) atoms. The van der Waals surface area contributed by atoms with Crippen molar-refractivity contribution in [3.05, 3.63) is 52.6 Å². The third kappa shape index (κ3) is 2.25. The molecular weight excluding hydrogens is 284 g/mol. The Labute approximate surface area is 120 Å². The van der Waals surface area contributed by atoms with Crippen LogP contribution in [-0.4, -0.2) is 12.6 Å². The Morgan fingerprint density at radius 2 is 2.00 bits per heavy atom. The van der Waals surface area contributed by atoms with Crippen molar-refractivity contribution in [2.24, 2.45) is 5.73 Å². The van der Waals surface area contributed by atoms with Crippen molar-refractivity contribution in [2.75, 3.05) is 6.54 Å². The molecule has 0 aromatic heterocycles. The van der Waals surface area contributed by atoms with Gasteiger partial charge in [-0.1, -0.05) is 11.6 Å². The highest BCUT2D eigenvalue weighted by Crippen LogP contribution is 2.41. The second-order valence-electron chi connectivity index (χ2n) is 4.75. The molecule has 0 amide bonds. The average Bonchev–Trinajstić information content (AvgIpc) is 2.83. The zero-order valence-corrected chi connectivity index (χ0v) is 11.3. The fourth-order valence-corrected chi connectivity index (χ4v) is 2.67. The molecule has 1 heterocycles. The standard InChI is InChI=1S/C15H12ClF2NO/c16-9-3-8-4-11(7-19)20-15(8)13(5-9)12-6-10(17)1-2-14(12)18/h1-3,5-6,11H,4,7,19H2/t11-/m1/s1. The molecule has 2 aromatic rings. The highest BCUT2D eigenvalue weighted by Gasteiger charge is 2.26. The van der Waals surface area contributed by atoms with Crippen molar-refractivity contribution in [1.82, 2.24) is 0 Å². The van der Waals surface area contributed by atoms with Crippen LogP contribution >= 0.6 is 11.6 Å².